The summed E-state index contributed by atoms with van der Waals surface area (Å²) in [7, 11) is 1.60. The average Bonchev–Trinajstić information content (AvgIpc) is 2.42. The first-order valence-corrected chi connectivity index (χ1v) is 5.49. The quantitative estimate of drug-likeness (QED) is 0.892. The summed E-state index contributed by atoms with van der Waals surface area (Å²) in [5.74, 6) is 0.309. The van der Waals surface area contributed by atoms with Gasteiger partial charge in [-0.05, 0) is 29.8 Å². The van der Waals surface area contributed by atoms with E-state index in [0.717, 1.165) is 11.3 Å². The molecule has 0 aliphatic carbocycles. The molecule has 0 radical (unpaired) electrons. The van der Waals surface area contributed by atoms with Crippen LogP contribution in [0.4, 0.5) is 5.69 Å². The van der Waals surface area contributed by atoms with Gasteiger partial charge in [0, 0.05) is 0 Å². The SMILES string of the molecule is COc1cccc(C(C#N)c2ccc(N)cn2)c1. The molecule has 0 saturated carbocycles. The van der Waals surface area contributed by atoms with E-state index in [-0.39, 0.29) is 0 Å². The highest BCUT2D eigenvalue weighted by atomic mass is 16.5. The largest absolute Gasteiger partial charge is 0.497 e. The molecule has 0 spiro atoms. The Balaban J connectivity index is 2.39. The van der Waals surface area contributed by atoms with Gasteiger partial charge in [-0.2, -0.15) is 5.26 Å². The second kappa shape index (κ2) is 5.19. The number of anilines is 1. The van der Waals surface area contributed by atoms with Crippen LogP contribution in [-0.2, 0) is 0 Å². The van der Waals surface area contributed by atoms with Gasteiger partial charge in [0.15, 0.2) is 0 Å². The maximum Gasteiger partial charge on any atom is 0.119 e. The fraction of sp³-hybridized carbons (Fsp3) is 0.143. The van der Waals surface area contributed by atoms with Crippen molar-refractivity contribution in [2.24, 2.45) is 0 Å². The lowest BCUT2D eigenvalue weighted by molar-refractivity contribution is 0.414. The van der Waals surface area contributed by atoms with Crippen molar-refractivity contribution in [3.8, 4) is 11.8 Å². The zero-order valence-electron chi connectivity index (χ0n) is 10.00. The third-order valence-corrected chi connectivity index (χ3v) is 2.66. The molecule has 0 aliphatic heterocycles. The van der Waals surface area contributed by atoms with Crippen LogP contribution in [-0.4, -0.2) is 12.1 Å². The maximum absolute atomic E-state index is 9.30. The molecule has 0 fully saturated rings. The highest BCUT2D eigenvalue weighted by Gasteiger charge is 2.15. The van der Waals surface area contributed by atoms with Gasteiger partial charge in [-0.15, -0.1) is 0 Å². The van der Waals surface area contributed by atoms with Crippen LogP contribution in [0, 0.1) is 11.3 Å². The molecule has 0 bridgehead atoms. The Kier molecular flexibility index (Phi) is 3.44. The summed E-state index contributed by atoms with van der Waals surface area (Å²) >= 11 is 0. The lowest BCUT2D eigenvalue weighted by Gasteiger charge is -2.10. The summed E-state index contributed by atoms with van der Waals surface area (Å²) in [6, 6.07) is 13.2. The van der Waals surface area contributed by atoms with Crippen molar-refractivity contribution in [1.82, 2.24) is 4.98 Å². The van der Waals surface area contributed by atoms with E-state index >= 15 is 0 Å². The standard InChI is InChI=1S/C14H13N3O/c1-18-12-4-2-3-10(7-12)13(8-15)14-6-5-11(16)9-17-14/h2-7,9,13H,16H2,1H3. The molecule has 1 aromatic heterocycles. The van der Waals surface area contributed by atoms with Crippen LogP contribution >= 0.6 is 0 Å². The Morgan fingerprint density at radius 3 is 2.78 bits per heavy atom. The Labute approximate surface area is 106 Å². The predicted octanol–water partition coefficient (Wildman–Crippen LogP) is 2.33. The number of pyridine rings is 1. The summed E-state index contributed by atoms with van der Waals surface area (Å²) in [6.45, 7) is 0. The number of nitrogens with two attached hydrogens (primary N) is 1. The number of methoxy groups -OCH3 is 1. The number of hydrogen-bond acceptors (Lipinski definition) is 4. The van der Waals surface area contributed by atoms with Crippen LogP contribution in [0.15, 0.2) is 42.6 Å². The van der Waals surface area contributed by atoms with Gasteiger partial charge in [0.25, 0.3) is 0 Å². The fourth-order valence-corrected chi connectivity index (χ4v) is 1.72. The second-order valence-electron chi connectivity index (χ2n) is 3.86. The van der Waals surface area contributed by atoms with Crippen molar-refractivity contribution in [3.63, 3.8) is 0 Å². The minimum atomic E-state index is -0.416. The number of nitriles is 1. The molecule has 2 N–H and O–H groups in total. The topological polar surface area (TPSA) is 71.9 Å². The molecule has 2 rings (SSSR count). The van der Waals surface area contributed by atoms with Crippen molar-refractivity contribution in [1.29, 1.82) is 5.26 Å². The molecule has 18 heavy (non-hydrogen) atoms. The van der Waals surface area contributed by atoms with Crippen molar-refractivity contribution >= 4 is 5.69 Å². The van der Waals surface area contributed by atoms with Crippen molar-refractivity contribution in [3.05, 3.63) is 53.9 Å². The van der Waals surface area contributed by atoms with E-state index in [0.29, 0.717) is 11.4 Å². The lowest BCUT2D eigenvalue weighted by Crippen LogP contribution is -2.02. The number of benzene rings is 1. The van der Waals surface area contributed by atoms with Gasteiger partial charge < -0.3 is 10.5 Å². The normalized spacial score (nSPS) is 11.6. The van der Waals surface area contributed by atoms with Crippen LogP contribution in [0.1, 0.15) is 17.2 Å². The molecular formula is C14H13N3O. The smallest absolute Gasteiger partial charge is 0.119 e. The van der Waals surface area contributed by atoms with Crippen LogP contribution in [0.25, 0.3) is 0 Å². The molecule has 1 heterocycles. The van der Waals surface area contributed by atoms with Gasteiger partial charge in [-0.3, -0.25) is 4.98 Å². The number of nitrogens with zero attached hydrogens (tertiary/aromatic N) is 2. The molecule has 1 atom stereocenters. The first-order chi connectivity index (χ1) is 8.74. The zero-order valence-corrected chi connectivity index (χ0v) is 10.00. The monoisotopic (exact) mass is 239 g/mol. The van der Waals surface area contributed by atoms with Crippen molar-refractivity contribution in [2.45, 2.75) is 5.92 Å². The molecular weight excluding hydrogens is 226 g/mol. The summed E-state index contributed by atoms with van der Waals surface area (Å²) in [5, 5.41) is 9.30. The third kappa shape index (κ3) is 2.41. The molecule has 90 valence electrons. The van der Waals surface area contributed by atoms with E-state index in [9.17, 15) is 5.26 Å². The minimum Gasteiger partial charge on any atom is -0.497 e. The molecule has 0 amide bonds. The van der Waals surface area contributed by atoms with Crippen LogP contribution < -0.4 is 10.5 Å². The first-order valence-electron chi connectivity index (χ1n) is 5.49. The van der Waals surface area contributed by atoms with E-state index in [1.54, 1.807) is 25.4 Å². The number of nitrogen functional groups attached to an aromatic ring is 1. The first kappa shape index (κ1) is 11.9. The van der Waals surface area contributed by atoms with Gasteiger partial charge in [0.05, 0.1) is 30.8 Å². The number of hydrogen-bond donors (Lipinski definition) is 1. The lowest BCUT2D eigenvalue weighted by atomic mass is 9.96. The second-order valence-corrected chi connectivity index (χ2v) is 3.86. The van der Waals surface area contributed by atoms with E-state index in [2.05, 4.69) is 11.1 Å². The van der Waals surface area contributed by atoms with E-state index < -0.39 is 5.92 Å². The van der Waals surface area contributed by atoms with Gasteiger partial charge in [-0.25, -0.2) is 0 Å². The number of aromatic nitrogens is 1. The van der Waals surface area contributed by atoms with Gasteiger partial charge in [-0.1, -0.05) is 12.1 Å². The fourth-order valence-electron chi connectivity index (χ4n) is 1.72. The summed E-state index contributed by atoms with van der Waals surface area (Å²) in [6.07, 6.45) is 1.56. The predicted molar refractivity (Wildman–Crippen MR) is 69.1 cm³/mol. The molecule has 0 saturated heterocycles. The maximum atomic E-state index is 9.30. The molecule has 4 heteroatoms. The van der Waals surface area contributed by atoms with Crippen molar-refractivity contribution in [2.75, 3.05) is 12.8 Å². The van der Waals surface area contributed by atoms with E-state index in [4.69, 9.17) is 10.5 Å². The molecule has 1 unspecified atom stereocenters. The van der Waals surface area contributed by atoms with Crippen LogP contribution in [0.5, 0.6) is 5.75 Å². The van der Waals surface area contributed by atoms with E-state index in [1.165, 1.54) is 0 Å². The van der Waals surface area contributed by atoms with Crippen LogP contribution in [0.3, 0.4) is 0 Å². The highest BCUT2D eigenvalue weighted by molar-refractivity contribution is 5.42. The van der Waals surface area contributed by atoms with Crippen LogP contribution in [0.2, 0.25) is 0 Å². The Morgan fingerprint density at radius 1 is 1.33 bits per heavy atom. The molecule has 0 aliphatic rings. The Hall–Kier alpha value is -2.54. The summed E-state index contributed by atoms with van der Waals surface area (Å²) in [4.78, 5) is 4.19. The zero-order chi connectivity index (χ0) is 13.0. The summed E-state index contributed by atoms with van der Waals surface area (Å²) in [5.41, 5.74) is 7.71. The third-order valence-electron chi connectivity index (χ3n) is 2.66. The highest BCUT2D eigenvalue weighted by Crippen LogP contribution is 2.25. The van der Waals surface area contributed by atoms with Gasteiger partial charge in [0.1, 0.15) is 11.7 Å². The van der Waals surface area contributed by atoms with Gasteiger partial charge >= 0.3 is 0 Å². The van der Waals surface area contributed by atoms with Crippen molar-refractivity contribution < 1.29 is 4.74 Å². The number of rotatable bonds is 3. The molecule has 2 aromatic rings. The summed E-state index contributed by atoms with van der Waals surface area (Å²) < 4.78 is 5.15. The minimum absolute atomic E-state index is 0.416. The van der Waals surface area contributed by atoms with E-state index in [1.807, 2.05) is 24.3 Å². The van der Waals surface area contributed by atoms with Gasteiger partial charge in [0.2, 0.25) is 0 Å². The Morgan fingerprint density at radius 2 is 2.17 bits per heavy atom. The number of ether oxygens (including phenoxy) is 1. The Bertz CT molecular complexity index is 572. The molecule has 4 nitrogen and oxygen atoms in total. The average molecular weight is 239 g/mol. The molecule has 1 aromatic carbocycles.